The van der Waals surface area contributed by atoms with Gasteiger partial charge in [-0.3, -0.25) is 9.59 Å². The third kappa shape index (κ3) is 2.77. The molecule has 1 aromatic heterocycles. The van der Waals surface area contributed by atoms with E-state index in [9.17, 15) is 9.59 Å². The van der Waals surface area contributed by atoms with Crippen LogP contribution in [0.15, 0.2) is 71.7 Å². The zero-order valence-corrected chi connectivity index (χ0v) is 13.8. The number of rotatable bonds is 2. The van der Waals surface area contributed by atoms with Gasteiger partial charge in [0.2, 0.25) is 5.43 Å². The second-order valence-corrected chi connectivity index (χ2v) is 6.14. The lowest BCUT2D eigenvalue weighted by molar-refractivity contribution is 0.102. The molecule has 0 saturated heterocycles. The first-order valence-electron chi connectivity index (χ1n) is 7.73. The highest BCUT2D eigenvalue weighted by atomic mass is 35.5. The predicted octanol–water partition coefficient (Wildman–Crippen LogP) is 4.59. The Labute approximate surface area is 148 Å². The van der Waals surface area contributed by atoms with Gasteiger partial charge in [0.15, 0.2) is 0 Å². The van der Waals surface area contributed by atoms with Crippen LogP contribution >= 0.6 is 11.6 Å². The molecule has 1 amide bonds. The van der Waals surface area contributed by atoms with Gasteiger partial charge in [-0.15, -0.1) is 0 Å². The minimum atomic E-state index is -0.474. The molecule has 0 spiro atoms. The van der Waals surface area contributed by atoms with Gasteiger partial charge >= 0.3 is 0 Å². The number of amides is 1. The van der Waals surface area contributed by atoms with Crippen LogP contribution < -0.4 is 10.7 Å². The highest BCUT2D eigenvalue weighted by Gasteiger charge is 2.14. The van der Waals surface area contributed by atoms with Crippen LogP contribution in [-0.4, -0.2) is 10.9 Å². The van der Waals surface area contributed by atoms with Crippen molar-refractivity contribution in [3.05, 3.63) is 87.7 Å². The van der Waals surface area contributed by atoms with E-state index in [1.54, 1.807) is 30.3 Å². The van der Waals surface area contributed by atoms with Gasteiger partial charge in [-0.1, -0.05) is 48.0 Å². The third-order valence-electron chi connectivity index (χ3n) is 4.11. The fourth-order valence-corrected chi connectivity index (χ4v) is 3.09. The summed E-state index contributed by atoms with van der Waals surface area (Å²) in [6.07, 6.45) is 1.46. The Hall–Kier alpha value is -3.11. The van der Waals surface area contributed by atoms with E-state index in [4.69, 9.17) is 11.6 Å². The summed E-state index contributed by atoms with van der Waals surface area (Å²) < 4.78 is 0. The van der Waals surface area contributed by atoms with Crippen LogP contribution in [-0.2, 0) is 0 Å². The number of fused-ring (bicyclic) bond motifs is 3. The van der Waals surface area contributed by atoms with Gasteiger partial charge in [0, 0.05) is 27.7 Å². The molecule has 0 radical (unpaired) electrons. The molecule has 0 fully saturated rings. The summed E-state index contributed by atoms with van der Waals surface area (Å²) >= 11 is 5.92. The number of pyridine rings is 1. The Morgan fingerprint density at radius 2 is 1.80 bits per heavy atom. The van der Waals surface area contributed by atoms with E-state index in [1.807, 2.05) is 30.3 Å². The molecule has 4 nitrogen and oxygen atoms in total. The summed E-state index contributed by atoms with van der Waals surface area (Å²) in [5.74, 6) is -0.474. The van der Waals surface area contributed by atoms with E-state index >= 15 is 0 Å². The summed E-state index contributed by atoms with van der Waals surface area (Å²) in [5.41, 5.74) is 1.01. The second-order valence-electron chi connectivity index (χ2n) is 5.71. The minimum Gasteiger partial charge on any atom is -0.360 e. The number of carbonyl (C=O) groups is 1. The number of anilines is 1. The van der Waals surface area contributed by atoms with Crippen molar-refractivity contribution in [1.82, 2.24) is 4.98 Å². The van der Waals surface area contributed by atoms with Gasteiger partial charge in [-0.2, -0.15) is 0 Å². The third-order valence-corrected chi connectivity index (χ3v) is 4.34. The van der Waals surface area contributed by atoms with Crippen LogP contribution in [0.25, 0.3) is 21.7 Å². The zero-order valence-electron chi connectivity index (χ0n) is 13.0. The average Bonchev–Trinajstić information content (AvgIpc) is 2.61. The number of hydrogen-bond acceptors (Lipinski definition) is 2. The van der Waals surface area contributed by atoms with Gasteiger partial charge in [0.05, 0.1) is 5.52 Å². The molecule has 4 rings (SSSR count). The lowest BCUT2D eigenvalue weighted by Gasteiger charge is -2.08. The Kier molecular flexibility index (Phi) is 3.75. The van der Waals surface area contributed by atoms with E-state index in [2.05, 4.69) is 10.3 Å². The van der Waals surface area contributed by atoms with Gasteiger partial charge in [-0.25, -0.2) is 0 Å². The van der Waals surface area contributed by atoms with Crippen LogP contribution in [0.4, 0.5) is 5.69 Å². The summed E-state index contributed by atoms with van der Waals surface area (Å²) in [6.45, 7) is 0. The van der Waals surface area contributed by atoms with Crippen LogP contribution in [0.1, 0.15) is 10.4 Å². The largest absolute Gasteiger partial charge is 0.360 e. The van der Waals surface area contributed by atoms with E-state index < -0.39 is 5.91 Å². The van der Waals surface area contributed by atoms with Crippen molar-refractivity contribution in [3.63, 3.8) is 0 Å². The van der Waals surface area contributed by atoms with Gasteiger partial charge in [0.1, 0.15) is 5.56 Å². The van der Waals surface area contributed by atoms with Crippen molar-refractivity contribution in [2.45, 2.75) is 0 Å². The van der Waals surface area contributed by atoms with Crippen molar-refractivity contribution in [1.29, 1.82) is 0 Å². The topological polar surface area (TPSA) is 62.0 Å². The molecule has 25 heavy (non-hydrogen) atoms. The van der Waals surface area contributed by atoms with Crippen LogP contribution in [0.2, 0.25) is 5.02 Å². The van der Waals surface area contributed by atoms with E-state index in [1.165, 1.54) is 6.20 Å². The van der Waals surface area contributed by atoms with Gasteiger partial charge in [-0.05, 0) is 29.7 Å². The maximum absolute atomic E-state index is 12.8. The zero-order chi connectivity index (χ0) is 17.4. The Bertz CT molecular complexity index is 1180. The second kappa shape index (κ2) is 6.07. The quantitative estimate of drug-likeness (QED) is 0.520. The van der Waals surface area contributed by atoms with Crippen LogP contribution in [0.3, 0.4) is 0 Å². The standard InChI is InChI=1S/C20H13ClN2O2/c21-13-5-3-6-14(10-13)23-20(25)17-11-22-18-15-7-2-1-4-12(15)8-9-16(18)19(17)24/h1-11H,(H,22,24)(H,23,25). The van der Waals surface area contributed by atoms with Crippen molar-refractivity contribution >= 4 is 44.9 Å². The molecule has 0 atom stereocenters. The molecule has 3 aromatic carbocycles. The summed E-state index contributed by atoms with van der Waals surface area (Å²) in [5, 5.41) is 5.67. The first-order chi connectivity index (χ1) is 12.1. The molecule has 0 aliphatic rings. The molecule has 2 N–H and O–H groups in total. The normalized spacial score (nSPS) is 10.9. The van der Waals surface area contributed by atoms with E-state index in [0.717, 1.165) is 16.3 Å². The van der Waals surface area contributed by atoms with Crippen molar-refractivity contribution in [2.75, 3.05) is 5.32 Å². The fraction of sp³-hybridized carbons (Fsp3) is 0. The molecule has 1 heterocycles. The average molecular weight is 349 g/mol. The number of nitrogens with one attached hydrogen (secondary N) is 2. The highest BCUT2D eigenvalue weighted by Crippen LogP contribution is 2.22. The molecule has 5 heteroatoms. The number of hydrogen-bond donors (Lipinski definition) is 2. The molecular formula is C20H13ClN2O2. The number of halogens is 1. The first-order valence-corrected chi connectivity index (χ1v) is 8.11. The van der Waals surface area contributed by atoms with Crippen molar-refractivity contribution in [2.24, 2.45) is 0 Å². The molecule has 0 unspecified atom stereocenters. The predicted molar refractivity (Wildman–Crippen MR) is 101 cm³/mol. The first kappa shape index (κ1) is 15.4. The van der Waals surface area contributed by atoms with Crippen molar-refractivity contribution in [3.8, 4) is 0 Å². The Morgan fingerprint density at radius 3 is 2.64 bits per heavy atom. The summed E-state index contributed by atoms with van der Waals surface area (Å²) in [4.78, 5) is 28.3. The Morgan fingerprint density at radius 1 is 0.960 bits per heavy atom. The monoisotopic (exact) mass is 348 g/mol. The molecule has 0 aliphatic heterocycles. The number of H-pyrrole nitrogens is 1. The summed E-state index contributed by atoms with van der Waals surface area (Å²) in [7, 11) is 0. The fourth-order valence-electron chi connectivity index (χ4n) is 2.90. The summed E-state index contributed by atoms with van der Waals surface area (Å²) in [6, 6.07) is 18.2. The SMILES string of the molecule is O=C(Nc1cccc(Cl)c1)c1c[nH]c2c(ccc3ccccc32)c1=O. The van der Waals surface area contributed by atoms with E-state index in [0.29, 0.717) is 16.1 Å². The van der Waals surface area contributed by atoms with Crippen LogP contribution in [0, 0.1) is 0 Å². The lowest BCUT2D eigenvalue weighted by Crippen LogP contribution is -2.22. The molecule has 0 aliphatic carbocycles. The molecule has 4 aromatic rings. The number of carbonyl (C=O) groups excluding carboxylic acids is 1. The highest BCUT2D eigenvalue weighted by molar-refractivity contribution is 6.31. The Balaban J connectivity index is 1.80. The van der Waals surface area contributed by atoms with Gasteiger partial charge in [0.25, 0.3) is 5.91 Å². The van der Waals surface area contributed by atoms with E-state index in [-0.39, 0.29) is 11.0 Å². The number of aromatic nitrogens is 1. The maximum Gasteiger partial charge on any atom is 0.261 e. The van der Waals surface area contributed by atoms with Crippen LogP contribution in [0.5, 0.6) is 0 Å². The lowest BCUT2D eigenvalue weighted by atomic mass is 10.0. The minimum absolute atomic E-state index is 0.0581. The molecule has 122 valence electrons. The molecular weight excluding hydrogens is 336 g/mol. The maximum atomic E-state index is 12.8. The number of aromatic amines is 1. The smallest absolute Gasteiger partial charge is 0.261 e. The van der Waals surface area contributed by atoms with Crippen molar-refractivity contribution < 1.29 is 4.79 Å². The molecule has 0 saturated carbocycles. The van der Waals surface area contributed by atoms with Gasteiger partial charge < -0.3 is 10.3 Å². The molecule has 0 bridgehead atoms. The number of benzene rings is 3.